The molecule has 2 aliphatic carbocycles. The summed E-state index contributed by atoms with van der Waals surface area (Å²) in [6, 6.07) is 8.00. The summed E-state index contributed by atoms with van der Waals surface area (Å²) in [4.78, 5) is 28.6. The topological polar surface area (TPSA) is 58.6 Å². The van der Waals surface area contributed by atoms with Crippen LogP contribution in [0, 0.1) is 0 Å². The summed E-state index contributed by atoms with van der Waals surface area (Å²) in [7, 11) is 1.66. The van der Waals surface area contributed by atoms with Crippen LogP contribution in [0.5, 0.6) is 0 Å². The second kappa shape index (κ2) is 7.03. The summed E-state index contributed by atoms with van der Waals surface area (Å²) in [5, 5.41) is 3.22. The van der Waals surface area contributed by atoms with Gasteiger partial charge in [0.05, 0.1) is 18.1 Å². The van der Waals surface area contributed by atoms with Crippen LogP contribution in [0.4, 0.5) is 0 Å². The van der Waals surface area contributed by atoms with E-state index in [0.717, 1.165) is 44.1 Å². The van der Waals surface area contributed by atoms with Crippen LogP contribution in [0.2, 0.25) is 0 Å². The molecule has 2 saturated carbocycles. The van der Waals surface area contributed by atoms with Crippen molar-refractivity contribution in [1.82, 2.24) is 10.2 Å². The van der Waals surface area contributed by atoms with E-state index >= 15 is 0 Å². The Kier molecular flexibility index (Phi) is 4.74. The van der Waals surface area contributed by atoms with Crippen LogP contribution in [-0.4, -0.2) is 48.6 Å². The molecule has 2 amide bonds. The van der Waals surface area contributed by atoms with Crippen molar-refractivity contribution in [2.24, 2.45) is 0 Å². The van der Waals surface area contributed by atoms with Gasteiger partial charge in [-0.25, -0.2) is 0 Å². The number of methoxy groups -OCH3 is 1. The lowest BCUT2D eigenvalue weighted by molar-refractivity contribution is -0.127. The zero-order chi connectivity index (χ0) is 18.1. The van der Waals surface area contributed by atoms with Gasteiger partial charge >= 0.3 is 0 Å². The first-order chi connectivity index (χ1) is 12.7. The van der Waals surface area contributed by atoms with Crippen molar-refractivity contribution < 1.29 is 14.3 Å². The van der Waals surface area contributed by atoms with Crippen LogP contribution < -0.4 is 5.32 Å². The lowest BCUT2D eigenvalue weighted by Gasteiger charge is -2.53. The molecule has 1 aliphatic heterocycles. The molecule has 5 nitrogen and oxygen atoms in total. The summed E-state index contributed by atoms with van der Waals surface area (Å²) in [6.07, 6.45) is 7.21. The standard InChI is InChI=1S/C21H28N2O3/c1-26-14-13-23-20(25)17-8-4-3-7-16(17)18(19(24)22-15-9-10-15)21(23)11-5-2-6-12-21/h3-4,7-8,15,18H,2,5-6,9-14H2,1H3,(H,22,24)/t18-/m0/s1. The number of hydrogen-bond acceptors (Lipinski definition) is 3. The molecular formula is C21H28N2O3. The lowest BCUT2D eigenvalue weighted by Crippen LogP contribution is -2.63. The third-order valence-corrected chi connectivity index (χ3v) is 6.25. The highest BCUT2D eigenvalue weighted by Gasteiger charge is 2.54. The maximum absolute atomic E-state index is 13.3. The molecule has 1 aromatic rings. The Morgan fingerprint density at radius 1 is 1.23 bits per heavy atom. The summed E-state index contributed by atoms with van der Waals surface area (Å²) in [5.74, 6) is -0.138. The fourth-order valence-electron chi connectivity index (χ4n) is 4.86. The van der Waals surface area contributed by atoms with E-state index in [9.17, 15) is 9.59 Å². The SMILES string of the molecule is COCCN1C(=O)c2ccccc2[C@@H](C(=O)NC2CC2)C12CCCCC2. The fourth-order valence-corrected chi connectivity index (χ4v) is 4.86. The summed E-state index contributed by atoms with van der Waals surface area (Å²) in [5.41, 5.74) is 1.17. The molecule has 0 bridgehead atoms. The Labute approximate surface area is 155 Å². The quantitative estimate of drug-likeness (QED) is 0.883. The molecule has 5 heteroatoms. The molecule has 1 N–H and O–H groups in total. The second-order valence-electron chi connectivity index (χ2n) is 7.92. The van der Waals surface area contributed by atoms with Crippen LogP contribution in [0.3, 0.4) is 0 Å². The largest absolute Gasteiger partial charge is 0.383 e. The number of hydrogen-bond donors (Lipinski definition) is 1. The van der Waals surface area contributed by atoms with Gasteiger partial charge in [0.1, 0.15) is 0 Å². The predicted molar refractivity (Wildman–Crippen MR) is 99.1 cm³/mol. The highest BCUT2D eigenvalue weighted by Crippen LogP contribution is 2.49. The molecule has 0 radical (unpaired) electrons. The Morgan fingerprint density at radius 2 is 1.96 bits per heavy atom. The van der Waals surface area contributed by atoms with Crippen LogP contribution in [0.15, 0.2) is 24.3 Å². The maximum atomic E-state index is 13.3. The highest BCUT2D eigenvalue weighted by atomic mass is 16.5. The van der Waals surface area contributed by atoms with E-state index in [4.69, 9.17) is 4.74 Å². The van der Waals surface area contributed by atoms with Crippen molar-refractivity contribution in [2.45, 2.75) is 62.4 Å². The van der Waals surface area contributed by atoms with Crippen molar-refractivity contribution in [1.29, 1.82) is 0 Å². The van der Waals surface area contributed by atoms with E-state index in [1.807, 2.05) is 29.2 Å². The van der Waals surface area contributed by atoms with Crippen molar-refractivity contribution in [2.75, 3.05) is 20.3 Å². The number of ether oxygens (including phenoxy) is 1. The highest BCUT2D eigenvalue weighted by molar-refractivity contribution is 6.02. The smallest absolute Gasteiger partial charge is 0.254 e. The predicted octanol–water partition coefficient (Wildman–Crippen LogP) is 2.85. The van der Waals surface area contributed by atoms with E-state index in [2.05, 4.69) is 5.32 Å². The monoisotopic (exact) mass is 356 g/mol. The van der Waals surface area contributed by atoms with E-state index in [1.165, 1.54) is 6.42 Å². The average Bonchev–Trinajstić information content (AvgIpc) is 3.46. The Bertz CT molecular complexity index is 692. The molecule has 0 saturated heterocycles. The molecule has 26 heavy (non-hydrogen) atoms. The van der Waals surface area contributed by atoms with Crippen molar-refractivity contribution >= 4 is 11.8 Å². The van der Waals surface area contributed by atoms with Gasteiger partial charge in [-0.1, -0.05) is 37.5 Å². The minimum atomic E-state index is -0.415. The molecule has 0 unspecified atom stereocenters. The molecule has 140 valence electrons. The number of benzene rings is 1. The lowest BCUT2D eigenvalue weighted by atomic mass is 9.65. The first-order valence-electron chi connectivity index (χ1n) is 9.87. The molecule has 1 spiro atoms. The number of carbonyl (C=O) groups is 2. The van der Waals surface area contributed by atoms with Crippen molar-refractivity contribution in [3.63, 3.8) is 0 Å². The minimum Gasteiger partial charge on any atom is -0.383 e. The van der Waals surface area contributed by atoms with Gasteiger partial charge in [-0.05, 0) is 37.3 Å². The van der Waals surface area contributed by atoms with E-state index < -0.39 is 5.54 Å². The van der Waals surface area contributed by atoms with Gasteiger partial charge in [0, 0.05) is 25.3 Å². The molecule has 2 fully saturated rings. The number of nitrogens with zero attached hydrogens (tertiary/aromatic N) is 1. The number of rotatable bonds is 5. The zero-order valence-electron chi connectivity index (χ0n) is 15.5. The van der Waals surface area contributed by atoms with E-state index in [0.29, 0.717) is 24.8 Å². The molecule has 0 aromatic heterocycles. The van der Waals surface area contributed by atoms with Gasteiger partial charge in [0.25, 0.3) is 5.91 Å². The summed E-state index contributed by atoms with van der Waals surface area (Å²) < 4.78 is 5.29. The third-order valence-electron chi connectivity index (χ3n) is 6.25. The molecule has 1 heterocycles. The number of amides is 2. The number of carbonyl (C=O) groups excluding carboxylic acids is 2. The van der Waals surface area contributed by atoms with E-state index in [1.54, 1.807) is 7.11 Å². The number of nitrogens with one attached hydrogen (secondary N) is 1. The molecular weight excluding hydrogens is 328 g/mol. The van der Waals surface area contributed by atoms with Gasteiger partial charge in [0.2, 0.25) is 5.91 Å². The third kappa shape index (κ3) is 2.92. The van der Waals surface area contributed by atoms with Crippen LogP contribution in [0.1, 0.15) is 66.8 Å². The molecule has 3 aliphatic rings. The van der Waals surface area contributed by atoms with E-state index in [-0.39, 0.29) is 17.7 Å². The molecule has 1 atom stereocenters. The van der Waals surface area contributed by atoms with Crippen LogP contribution in [0.25, 0.3) is 0 Å². The molecule has 1 aromatic carbocycles. The van der Waals surface area contributed by atoms with Gasteiger partial charge in [-0.2, -0.15) is 0 Å². The van der Waals surface area contributed by atoms with Gasteiger partial charge in [-0.3, -0.25) is 9.59 Å². The average molecular weight is 356 g/mol. The zero-order valence-corrected chi connectivity index (χ0v) is 15.5. The Hall–Kier alpha value is -1.88. The normalized spacial score (nSPS) is 24.4. The van der Waals surface area contributed by atoms with Gasteiger partial charge < -0.3 is 15.0 Å². The van der Waals surface area contributed by atoms with Crippen molar-refractivity contribution in [3.8, 4) is 0 Å². The van der Waals surface area contributed by atoms with Crippen LogP contribution >= 0.6 is 0 Å². The van der Waals surface area contributed by atoms with Gasteiger partial charge in [0.15, 0.2) is 0 Å². The number of fused-ring (bicyclic) bond motifs is 1. The first kappa shape index (κ1) is 17.5. The fraction of sp³-hybridized carbons (Fsp3) is 0.619. The van der Waals surface area contributed by atoms with Crippen LogP contribution in [-0.2, 0) is 9.53 Å². The molecule has 4 rings (SSSR count). The minimum absolute atomic E-state index is 0.0509. The first-order valence-corrected chi connectivity index (χ1v) is 9.87. The Morgan fingerprint density at radius 3 is 2.65 bits per heavy atom. The van der Waals surface area contributed by atoms with Gasteiger partial charge in [-0.15, -0.1) is 0 Å². The van der Waals surface area contributed by atoms with Crippen molar-refractivity contribution in [3.05, 3.63) is 35.4 Å². The summed E-state index contributed by atoms with van der Waals surface area (Å²) in [6.45, 7) is 1.03. The maximum Gasteiger partial charge on any atom is 0.254 e. The second-order valence-corrected chi connectivity index (χ2v) is 7.92. The summed E-state index contributed by atoms with van der Waals surface area (Å²) >= 11 is 0. The Balaban J connectivity index is 1.80.